The maximum absolute atomic E-state index is 11.9. The fourth-order valence-corrected chi connectivity index (χ4v) is 2.16. The number of piperidine rings is 1. The van der Waals surface area contributed by atoms with Crippen molar-refractivity contribution < 1.29 is 9.59 Å². The summed E-state index contributed by atoms with van der Waals surface area (Å²) in [7, 11) is 0. The predicted octanol–water partition coefficient (Wildman–Crippen LogP) is -0.320. The van der Waals surface area contributed by atoms with Gasteiger partial charge in [0.05, 0.1) is 0 Å². The summed E-state index contributed by atoms with van der Waals surface area (Å²) in [6, 6.07) is -0.237. The van der Waals surface area contributed by atoms with E-state index in [0.717, 1.165) is 13.1 Å². The molecule has 5 heteroatoms. The first-order valence-corrected chi connectivity index (χ1v) is 5.04. The minimum atomic E-state index is -0.599. The first-order valence-electron chi connectivity index (χ1n) is 5.04. The van der Waals surface area contributed by atoms with Gasteiger partial charge in [-0.05, 0) is 32.9 Å². The number of urea groups is 1. The molecule has 0 bridgehead atoms. The molecule has 0 aliphatic carbocycles. The zero-order valence-electron chi connectivity index (χ0n) is 8.30. The average molecular weight is 197 g/mol. The first-order chi connectivity index (χ1) is 6.69. The highest BCUT2D eigenvalue weighted by Crippen LogP contribution is 2.26. The summed E-state index contributed by atoms with van der Waals surface area (Å²) in [5, 5.41) is 6.00. The Morgan fingerprint density at radius 2 is 2.00 bits per heavy atom. The number of hydrogen-bond acceptors (Lipinski definition) is 3. The van der Waals surface area contributed by atoms with Gasteiger partial charge in [0, 0.05) is 6.54 Å². The summed E-state index contributed by atoms with van der Waals surface area (Å²) < 4.78 is 0. The number of hydrogen-bond donors (Lipinski definition) is 2. The molecule has 1 spiro atoms. The third kappa shape index (κ3) is 1.19. The lowest BCUT2D eigenvalue weighted by Gasteiger charge is -2.30. The van der Waals surface area contributed by atoms with Gasteiger partial charge in [-0.25, -0.2) is 4.79 Å². The number of nitrogens with one attached hydrogen (secondary N) is 2. The van der Waals surface area contributed by atoms with Crippen LogP contribution in [0.15, 0.2) is 0 Å². The molecule has 2 rings (SSSR count). The molecule has 0 unspecified atom stereocenters. The van der Waals surface area contributed by atoms with E-state index in [2.05, 4.69) is 10.6 Å². The molecular formula is C9H15N3O2. The van der Waals surface area contributed by atoms with Crippen molar-refractivity contribution in [3.8, 4) is 0 Å². The van der Waals surface area contributed by atoms with Crippen LogP contribution in [0.3, 0.4) is 0 Å². The normalized spacial score (nSPS) is 25.6. The number of imide groups is 1. The Balaban J connectivity index is 2.21. The Hall–Kier alpha value is -1.10. The van der Waals surface area contributed by atoms with Gasteiger partial charge in [0.25, 0.3) is 5.91 Å². The smallest absolute Gasteiger partial charge is 0.323 e. The van der Waals surface area contributed by atoms with Crippen LogP contribution in [0.1, 0.15) is 19.8 Å². The van der Waals surface area contributed by atoms with Gasteiger partial charge in [-0.1, -0.05) is 0 Å². The van der Waals surface area contributed by atoms with Crippen LogP contribution in [0.2, 0.25) is 0 Å². The minimum Gasteiger partial charge on any atom is -0.323 e. The molecule has 0 atom stereocenters. The van der Waals surface area contributed by atoms with Crippen LogP contribution in [0, 0.1) is 0 Å². The third-order valence-electron chi connectivity index (χ3n) is 3.02. The van der Waals surface area contributed by atoms with Crippen LogP contribution in [-0.2, 0) is 4.79 Å². The maximum Gasteiger partial charge on any atom is 0.325 e. The van der Waals surface area contributed by atoms with E-state index < -0.39 is 5.54 Å². The topological polar surface area (TPSA) is 61.4 Å². The van der Waals surface area contributed by atoms with Gasteiger partial charge in [0.1, 0.15) is 5.54 Å². The first kappa shape index (κ1) is 9.45. The molecule has 14 heavy (non-hydrogen) atoms. The van der Waals surface area contributed by atoms with E-state index in [1.54, 1.807) is 0 Å². The Bertz CT molecular complexity index is 271. The zero-order valence-corrected chi connectivity index (χ0v) is 8.30. The van der Waals surface area contributed by atoms with Crippen molar-refractivity contribution >= 4 is 11.9 Å². The molecule has 0 saturated carbocycles. The highest BCUT2D eigenvalue weighted by atomic mass is 16.2. The van der Waals surface area contributed by atoms with Crippen LogP contribution < -0.4 is 10.6 Å². The van der Waals surface area contributed by atoms with Crippen LogP contribution in [0.25, 0.3) is 0 Å². The van der Waals surface area contributed by atoms with Crippen LogP contribution >= 0.6 is 0 Å². The molecule has 0 radical (unpaired) electrons. The number of carbonyl (C=O) groups excluding carboxylic acids is 2. The van der Waals surface area contributed by atoms with Crippen molar-refractivity contribution in [2.45, 2.75) is 25.3 Å². The van der Waals surface area contributed by atoms with Gasteiger partial charge in [-0.15, -0.1) is 0 Å². The van der Waals surface area contributed by atoms with E-state index in [0.29, 0.717) is 19.4 Å². The molecule has 0 aromatic heterocycles. The summed E-state index contributed by atoms with van der Waals surface area (Å²) in [6.07, 6.45) is 1.40. The summed E-state index contributed by atoms with van der Waals surface area (Å²) >= 11 is 0. The molecule has 2 fully saturated rings. The molecule has 2 N–H and O–H groups in total. The summed E-state index contributed by atoms with van der Waals surface area (Å²) in [6.45, 7) is 3.87. The number of amides is 3. The molecule has 78 valence electrons. The summed E-state index contributed by atoms with van der Waals surface area (Å²) in [5.74, 6) is -0.0495. The average Bonchev–Trinajstić information content (AvgIpc) is 2.40. The quantitative estimate of drug-likeness (QED) is 0.566. The zero-order chi connectivity index (χ0) is 10.2. The van der Waals surface area contributed by atoms with E-state index in [-0.39, 0.29) is 11.9 Å². The van der Waals surface area contributed by atoms with E-state index in [1.807, 2.05) is 6.92 Å². The fraction of sp³-hybridized carbons (Fsp3) is 0.778. The Morgan fingerprint density at radius 3 is 2.50 bits per heavy atom. The van der Waals surface area contributed by atoms with Crippen molar-refractivity contribution in [2.24, 2.45) is 0 Å². The van der Waals surface area contributed by atoms with Gasteiger partial charge >= 0.3 is 6.03 Å². The van der Waals surface area contributed by atoms with E-state index in [4.69, 9.17) is 0 Å². The van der Waals surface area contributed by atoms with Crippen molar-refractivity contribution in [1.29, 1.82) is 0 Å². The van der Waals surface area contributed by atoms with Gasteiger partial charge in [0.2, 0.25) is 0 Å². The Kier molecular flexibility index (Phi) is 2.19. The van der Waals surface area contributed by atoms with Crippen LogP contribution in [-0.4, -0.2) is 42.0 Å². The maximum atomic E-state index is 11.9. The van der Waals surface area contributed by atoms with Crippen LogP contribution in [0.5, 0.6) is 0 Å². The van der Waals surface area contributed by atoms with E-state index >= 15 is 0 Å². The minimum absolute atomic E-state index is 0.0495. The highest BCUT2D eigenvalue weighted by molar-refractivity contribution is 6.07. The van der Waals surface area contributed by atoms with Gasteiger partial charge < -0.3 is 10.6 Å². The number of rotatable bonds is 1. The summed E-state index contributed by atoms with van der Waals surface area (Å²) in [4.78, 5) is 24.7. The van der Waals surface area contributed by atoms with Crippen molar-refractivity contribution in [3.05, 3.63) is 0 Å². The SMILES string of the molecule is CCN1C(=O)NC2(CCNCC2)C1=O. The second-order valence-corrected chi connectivity index (χ2v) is 3.81. The molecule has 0 aromatic carbocycles. The molecule has 2 aliphatic rings. The molecule has 0 aromatic rings. The molecule has 2 heterocycles. The van der Waals surface area contributed by atoms with Crippen molar-refractivity contribution in [1.82, 2.24) is 15.5 Å². The van der Waals surface area contributed by atoms with E-state index in [1.165, 1.54) is 4.90 Å². The second kappa shape index (κ2) is 3.24. The molecule has 3 amide bonds. The van der Waals surface area contributed by atoms with Crippen molar-refractivity contribution in [2.75, 3.05) is 19.6 Å². The molecule has 2 saturated heterocycles. The highest BCUT2D eigenvalue weighted by Gasteiger charge is 2.50. The van der Waals surface area contributed by atoms with Crippen LogP contribution in [0.4, 0.5) is 4.79 Å². The monoisotopic (exact) mass is 197 g/mol. The van der Waals surface area contributed by atoms with Gasteiger partial charge in [-0.2, -0.15) is 0 Å². The van der Waals surface area contributed by atoms with Gasteiger partial charge in [0.15, 0.2) is 0 Å². The fourth-order valence-electron chi connectivity index (χ4n) is 2.16. The lowest BCUT2D eigenvalue weighted by Crippen LogP contribution is -2.53. The molecular weight excluding hydrogens is 182 g/mol. The standard InChI is InChI=1S/C9H15N3O2/c1-2-12-7(13)9(11-8(12)14)3-5-10-6-4-9/h10H,2-6H2,1H3,(H,11,14). The lowest BCUT2D eigenvalue weighted by atomic mass is 9.88. The third-order valence-corrected chi connectivity index (χ3v) is 3.02. The molecule has 2 aliphatic heterocycles. The summed E-state index contributed by atoms with van der Waals surface area (Å²) in [5.41, 5.74) is -0.599. The predicted molar refractivity (Wildman–Crippen MR) is 50.8 cm³/mol. The number of carbonyl (C=O) groups is 2. The van der Waals surface area contributed by atoms with E-state index in [9.17, 15) is 9.59 Å². The lowest BCUT2D eigenvalue weighted by molar-refractivity contribution is -0.132. The second-order valence-electron chi connectivity index (χ2n) is 3.81. The Labute approximate surface area is 82.8 Å². The number of nitrogens with zero attached hydrogens (tertiary/aromatic N) is 1. The van der Waals surface area contributed by atoms with Crippen molar-refractivity contribution in [3.63, 3.8) is 0 Å². The Morgan fingerprint density at radius 1 is 1.36 bits per heavy atom. The molecule has 5 nitrogen and oxygen atoms in total. The largest absolute Gasteiger partial charge is 0.325 e. The number of likely N-dealkylation sites (N-methyl/N-ethyl adjacent to an activating group) is 1. The van der Waals surface area contributed by atoms with Gasteiger partial charge in [-0.3, -0.25) is 9.69 Å².